The third-order valence-electron chi connectivity index (χ3n) is 3.37. The zero-order valence-electron chi connectivity index (χ0n) is 9.74. The van der Waals surface area contributed by atoms with E-state index < -0.39 is 0 Å². The maximum Gasteiger partial charge on any atom is -0.00902 e. The molecule has 1 aliphatic rings. The lowest BCUT2D eigenvalue weighted by atomic mass is 10.0. The molecule has 1 aromatic carbocycles. The van der Waals surface area contributed by atoms with Crippen LogP contribution in [0.2, 0.25) is 0 Å². The Morgan fingerprint density at radius 3 is 2.60 bits per heavy atom. The molecule has 1 aromatic rings. The van der Waals surface area contributed by atoms with Gasteiger partial charge in [0, 0.05) is 0 Å². The minimum Gasteiger partial charge on any atom is -0.0853 e. The van der Waals surface area contributed by atoms with E-state index in [4.69, 9.17) is 0 Å². The molecule has 1 aliphatic carbocycles. The van der Waals surface area contributed by atoms with Crippen molar-refractivity contribution in [3.05, 3.63) is 47.5 Å². The Labute approximate surface area is 93.0 Å². The average Bonchev–Trinajstić information content (AvgIpc) is 3.07. The fourth-order valence-electron chi connectivity index (χ4n) is 2.49. The topological polar surface area (TPSA) is 0 Å². The highest BCUT2D eigenvalue weighted by Gasteiger charge is 2.39. The second kappa shape index (κ2) is 4.65. The summed E-state index contributed by atoms with van der Waals surface area (Å²) < 4.78 is 0. The SMILES string of the molecule is CC/C=C(\CC)[C@@H]1C[C@H]1c1ccccc1. The molecule has 0 bridgehead atoms. The van der Waals surface area contributed by atoms with Gasteiger partial charge in [0.15, 0.2) is 0 Å². The third kappa shape index (κ3) is 2.31. The van der Waals surface area contributed by atoms with Gasteiger partial charge in [-0.25, -0.2) is 0 Å². The van der Waals surface area contributed by atoms with Gasteiger partial charge in [-0.3, -0.25) is 0 Å². The standard InChI is InChI=1S/C15H20/c1-3-8-12(4-2)14-11-15(14)13-9-6-5-7-10-13/h5-10,14-15H,3-4,11H2,1-2H3/b12-8+/t14-,15-/m0/s1. The van der Waals surface area contributed by atoms with Crippen molar-refractivity contribution in [3.63, 3.8) is 0 Å². The molecule has 0 heteroatoms. The summed E-state index contributed by atoms with van der Waals surface area (Å²) in [7, 11) is 0. The molecule has 80 valence electrons. The van der Waals surface area contributed by atoms with Gasteiger partial charge in [-0.2, -0.15) is 0 Å². The van der Waals surface area contributed by atoms with Crippen LogP contribution in [0.25, 0.3) is 0 Å². The molecular formula is C15H20. The van der Waals surface area contributed by atoms with Crippen LogP contribution in [0.5, 0.6) is 0 Å². The van der Waals surface area contributed by atoms with Crippen molar-refractivity contribution in [2.75, 3.05) is 0 Å². The molecule has 0 nitrogen and oxygen atoms in total. The summed E-state index contributed by atoms with van der Waals surface area (Å²) in [4.78, 5) is 0. The van der Waals surface area contributed by atoms with Crippen LogP contribution < -0.4 is 0 Å². The molecule has 0 saturated heterocycles. The van der Waals surface area contributed by atoms with Gasteiger partial charge < -0.3 is 0 Å². The maximum atomic E-state index is 2.42. The van der Waals surface area contributed by atoms with E-state index in [1.54, 1.807) is 5.57 Å². The van der Waals surface area contributed by atoms with Crippen LogP contribution in [-0.4, -0.2) is 0 Å². The normalized spacial score (nSPS) is 25.3. The van der Waals surface area contributed by atoms with E-state index in [-0.39, 0.29) is 0 Å². The number of allylic oxidation sites excluding steroid dienone is 2. The summed E-state index contributed by atoms with van der Waals surface area (Å²) in [6, 6.07) is 10.9. The van der Waals surface area contributed by atoms with E-state index in [9.17, 15) is 0 Å². The molecule has 0 unspecified atom stereocenters. The van der Waals surface area contributed by atoms with Crippen LogP contribution in [0, 0.1) is 5.92 Å². The Balaban J connectivity index is 2.04. The average molecular weight is 200 g/mol. The lowest BCUT2D eigenvalue weighted by Gasteiger charge is -2.03. The van der Waals surface area contributed by atoms with Gasteiger partial charge in [0.1, 0.15) is 0 Å². The van der Waals surface area contributed by atoms with Gasteiger partial charge in [0.25, 0.3) is 0 Å². The Kier molecular flexibility index (Phi) is 3.25. The molecule has 0 amide bonds. The monoisotopic (exact) mass is 200 g/mol. The second-order valence-corrected chi connectivity index (χ2v) is 4.40. The molecule has 0 aromatic heterocycles. The highest BCUT2D eigenvalue weighted by Crippen LogP contribution is 2.52. The first kappa shape index (κ1) is 10.5. The van der Waals surface area contributed by atoms with Crippen molar-refractivity contribution in [1.82, 2.24) is 0 Å². The zero-order chi connectivity index (χ0) is 10.7. The number of hydrogen-bond donors (Lipinski definition) is 0. The Morgan fingerprint density at radius 1 is 1.27 bits per heavy atom. The quantitative estimate of drug-likeness (QED) is 0.626. The van der Waals surface area contributed by atoms with Gasteiger partial charge in [0.2, 0.25) is 0 Å². The van der Waals surface area contributed by atoms with Crippen molar-refractivity contribution in [1.29, 1.82) is 0 Å². The van der Waals surface area contributed by atoms with Crippen molar-refractivity contribution < 1.29 is 0 Å². The largest absolute Gasteiger partial charge is 0.0853 e. The van der Waals surface area contributed by atoms with Crippen LogP contribution in [0.1, 0.15) is 44.6 Å². The minimum atomic E-state index is 0.809. The molecule has 1 saturated carbocycles. The number of hydrogen-bond acceptors (Lipinski definition) is 0. The van der Waals surface area contributed by atoms with Crippen LogP contribution in [0.3, 0.4) is 0 Å². The predicted octanol–water partition coefficient (Wildman–Crippen LogP) is 4.54. The first-order valence-corrected chi connectivity index (χ1v) is 6.10. The fourth-order valence-corrected chi connectivity index (χ4v) is 2.49. The van der Waals surface area contributed by atoms with E-state index in [1.807, 2.05) is 0 Å². The van der Waals surface area contributed by atoms with Gasteiger partial charge in [-0.05, 0) is 36.7 Å². The van der Waals surface area contributed by atoms with Crippen molar-refractivity contribution in [3.8, 4) is 0 Å². The van der Waals surface area contributed by atoms with Gasteiger partial charge in [-0.1, -0.05) is 55.8 Å². The molecular weight excluding hydrogens is 180 g/mol. The molecule has 0 heterocycles. The highest BCUT2D eigenvalue weighted by atomic mass is 14.4. The molecule has 1 fully saturated rings. The summed E-state index contributed by atoms with van der Waals surface area (Å²) in [5, 5.41) is 0. The molecule has 0 N–H and O–H groups in total. The first-order chi connectivity index (χ1) is 7.36. The van der Waals surface area contributed by atoms with Crippen LogP contribution in [0.15, 0.2) is 42.0 Å². The van der Waals surface area contributed by atoms with Crippen molar-refractivity contribution in [2.24, 2.45) is 5.92 Å². The molecule has 0 aliphatic heterocycles. The van der Waals surface area contributed by atoms with Gasteiger partial charge in [0.05, 0.1) is 0 Å². The van der Waals surface area contributed by atoms with Gasteiger partial charge >= 0.3 is 0 Å². The van der Waals surface area contributed by atoms with E-state index in [0.717, 1.165) is 11.8 Å². The Bertz CT molecular complexity index is 334. The molecule has 2 atom stereocenters. The van der Waals surface area contributed by atoms with E-state index >= 15 is 0 Å². The predicted molar refractivity (Wildman–Crippen MR) is 66.0 cm³/mol. The highest BCUT2D eigenvalue weighted by molar-refractivity contribution is 5.31. The lowest BCUT2D eigenvalue weighted by molar-refractivity contribution is 0.860. The van der Waals surface area contributed by atoms with Crippen molar-refractivity contribution >= 4 is 0 Å². The third-order valence-corrected chi connectivity index (χ3v) is 3.37. The fraction of sp³-hybridized carbons (Fsp3) is 0.467. The van der Waals surface area contributed by atoms with E-state index in [2.05, 4.69) is 50.3 Å². The lowest BCUT2D eigenvalue weighted by Crippen LogP contribution is -1.88. The smallest absolute Gasteiger partial charge is 0.00902 e. The van der Waals surface area contributed by atoms with Crippen molar-refractivity contribution in [2.45, 2.75) is 39.0 Å². The number of rotatable bonds is 4. The summed E-state index contributed by atoms with van der Waals surface area (Å²) >= 11 is 0. The maximum absolute atomic E-state index is 2.42. The van der Waals surface area contributed by atoms with E-state index in [1.165, 1.54) is 24.8 Å². The molecule has 15 heavy (non-hydrogen) atoms. The van der Waals surface area contributed by atoms with Gasteiger partial charge in [-0.15, -0.1) is 0 Å². The molecule has 0 spiro atoms. The summed E-state index contributed by atoms with van der Waals surface area (Å²) in [6.07, 6.45) is 6.19. The number of benzene rings is 1. The Hall–Kier alpha value is -1.04. The summed E-state index contributed by atoms with van der Waals surface area (Å²) in [5.74, 6) is 1.65. The molecule has 2 rings (SSSR count). The first-order valence-electron chi connectivity index (χ1n) is 6.10. The summed E-state index contributed by atoms with van der Waals surface area (Å²) in [5.41, 5.74) is 3.20. The minimum absolute atomic E-state index is 0.809. The van der Waals surface area contributed by atoms with Crippen LogP contribution >= 0.6 is 0 Å². The summed E-state index contributed by atoms with van der Waals surface area (Å²) in [6.45, 7) is 4.51. The van der Waals surface area contributed by atoms with E-state index in [0.29, 0.717) is 0 Å². The molecule has 0 radical (unpaired) electrons. The Morgan fingerprint density at radius 2 is 2.00 bits per heavy atom. The van der Waals surface area contributed by atoms with Crippen LogP contribution in [-0.2, 0) is 0 Å². The zero-order valence-corrected chi connectivity index (χ0v) is 9.74. The van der Waals surface area contributed by atoms with Crippen LogP contribution in [0.4, 0.5) is 0 Å². The second-order valence-electron chi connectivity index (χ2n) is 4.40.